The van der Waals surface area contributed by atoms with E-state index in [9.17, 15) is 13.2 Å². The lowest BCUT2D eigenvalue weighted by molar-refractivity contribution is 0.150. The number of aromatic nitrogens is 1. The summed E-state index contributed by atoms with van der Waals surface area (Å²) >= 11 is 7.99. The predicted octanol–water partition coefficient (Wildman–Crippen LogP) is 3.57. The number of halogens is 5. The topological polar surface area (TPSA) is 12.9 Å². The van der Waals surface area contributed by atoms with Crippen LogP contribution in [0.15, 0.2) is 10.7 Å². The van der Waals surface area contributed by atoms with E-state index in [2.05, 4.69) is 20.9 Å². The summed E-state index contributed by atoms with van der Waals surface area (Å²) in [6, 6.07) is 0.982. The highest BCUT2D eigenvalue weighted by atomic mass is 79.9. The molecule has 0 fully saturated rings. The van der Waals surface area contributed by atoms with Crippen molar-refractivity contribution in [3.8, 4) is 0 Å². The van der Waals surface area contributed by atoms with Gasteiger partial charge in [-0.3, -0.25) is 0 Å². The van der Waals surface area contributed by atoms with Crippen molar-refractivity contribution >= 4 is 27.5 Å². The Balaban J connectivity index is 3.28. The van der Waals surface area contributed by atoms with Crippen molar-refractivity contribution in [2.24, 2.45) is 0 Å². The van der Waals surface area contributed by atoms with Crippen LogP contribution >= 0.6 is 27.5 Å². The van der Waals surface area contributed by atoms with E-state index >= 15 is 0 Å². The van der Waals surface area contributed by atoms with Gasteiger partial charge in [0.15, 0.2) is 0 Å². The minimum absolute atomic E-state index is 0.000278. The first-order valence-electron chi connectivity index (χ1n) is 2.82. The van der Waals surface area contributed by atoms with Crippen molar-refractivity contribution in [2.75, 3.05) is 0 Å². The third kappa shape index (κ3) is 1.90. The molecule has 0 spiro atoms. The summed E-state index contributed by atoms with van der Waals surface area (Å²) in [5, 5.41) is -0.631. The Morgan fingerprint density at radius 1 is 1.50 bits per heavy atom. The lowest BCUT2D eigenvalue weighted by atomic mass is 10.3. The molecule has 0 unspecified atom stereocenters. The molecule has 0 N–H and O–H groups in total. The van der Waals surface area contributed by atoms with Crippen LogP contribution in [0.2, 0.25) is 5.02 Å². The largest absolute Gasteiger partial charge is 0.265 e. The third-order valence-corrected chi connectivity index (χ3v) is 1.93. The Kier molecular flexibility index (Phi) is 2.95. The lowest BCUT2D eigenvalue weighted by Crippen LogP contribution is -1.93. The van der Waals surface area contributed by atoms with Crippen LogP contribution in [0.5, 0.6) is 0 Å². The van der Waals surface area contributed by atoms with Crippen LogP contribution in [-0.2, 0) is 0 Å². The standard InChI is InChI=1S/C6H2BrClF3N/c7-3-1-2(5(9)10)4(8)6(11)12-3/h1,5H. The quantitative estimate of drug-likeness (QED) is 0.703. The fraction of sp³-hybridized carbons (Fsp3) is 0.167. The Labute approximate surface area is 79.7 Å². The zero-order valence-corrected chi connectivity index (χ0v) is 7.83. The van der Waals surface area contributed by atoms with Crippen molar-refractivity contribution < 1.29 is 13.2 Å². The number of nitrogens with zero attached hydrogens (tertiary/aromatic N) is 1. The van der Waals surface area contributed by atoms with Gasteiger partial charge in [0.05, 0.1) is 0 Å². The second kappa shape index (κ2) is 3.62. The van der Waals surface area contributed by atoms with Crippen LogP contribution in [0.1, 0.15) is 12.0 Å². The molecule has 1 nitrogen and oxygen atoms in total. The number of hydrogen-bond acceptors (Lipinski definition) is 1. The van der Waals surface area contributed by atoms with E-state index < -0.39 is 23.0 Å². The normalized spacial score (nSPS) is 10.8. The average Bonchev–Trinajstić information content (AvgIpc) is 1.96. The van der Waals surface area contributed by atoms with Gasteiger partial charge in [-0.05, 0) is 22.0 Å². The zero-order valence-electron chi connectivity index (χ0n) is 5.49. The second-order valence-corrected chi connectivity index (χ2v) is 3.13. The maximum atomic E-state index is 12.6. The Hall–Kier alpha value is -0.290. The molecule has 66 valence electrons. The molecule has 0 amide bonds. The molecule has 6 heteroatoms. The lowest BCUT2D eigenvalue weighted by Gasteiger charge is -2.03. The minimum Gasteiger partial charge on any atom is -0.211 e. The van der Waals surface area contributed by atoms with Gasteiger partial charge in [0, 0.05) is 5.56 Å². The highest BCUT2D eigenvalue weighted by molar-refractivity contribution is 9.10. The highest BCUT2D eigenvalue weighted by Crippen LogP contribution is 2.30. The zero-order chi connectivity index (χ0) is 9.30. The second-order valence-electron chi connectivity index (χ2n) is 1.94. The molecule has 0 saturated heterocycles. The molecule has 0 aliphatic heterocycles. The number of rotatable bonds is 1. The van der Waals surface area contributed by atoms with Gasteiger partial charge in [-0.2, -0.15) is 4.39 Å². The fourth-order valence-corrected chi connectivity index (χ4v) is 1.23. The fourth-order valence-electron chi connectivity index (χ4n) is 0.645. The van der Waals surface area contributed by atoms with Gasteiger partial charge < -0.3 is 0 Å². The summed E-state index contributed by atoms with van der Waals surface area (Å²) < 4.78 is 36.8. The van der Waals surface area contributed by atoms with Crippen LogP contribution < -0.4 is 0 Å². The highest BCUT2D eigenvalue weighted by Gasteiger charge is 2.17. The first-order valence-corrected chi connectivity index (χ1v) is 3.99. The first-order chi connectivity index (χ1) is 5.52. The van der Waals surface area contributed by atoms with Gasteiger partial charge in [0.1, 0.15) is 9.63 Å². The molecule has 0 aliphatic rings. The van der Waals surface area contributed by atoms with Crippen molar-refractivity contribution in [1.82, 2.24) is 4.98 Å². The van der Waals surface area contributed by atoms with Gasteiger partial charge in [0.2, 0.25) is 5.95 Å². The summed E-state index contributed by atoms with van der Waals surface area (Å²) in [5.41, 5.74) is -0.559. The molecule has 0 aromatic carbocycles. The summed E-state index contributed by atoms with van der Waals surface area (Å²) in [4.78, 5) is 3.20. The van der Waals surface area contributed by atoms with Crippen LogP contribution in [0.3, 0.4) is 0 Å². The van der Waals surface area contributed by atoms with Crippen LogP contribution in [0.4, 0.5) is 13.2 Å². The number of alkyl halides is 2. The van der Waals surface area contributed by atoms with Gasteiger partial charge in [0.25, 0.3) is 6.43 Å². The van der Waals surface area contributed by atoms with Crippen LogP contribution in [0.25, 0.3) is 0 Å². The van der Waals surface area contributed by atoms with Gasteiger partial charge >= 0.3 is 0 Å². The van der Waals surface area contributed by atoms with E-state index in [1.165, 1.54) is 0 Å². The van der Waals surface area contributed by atoms with E-state index in [1.54, 1.807) is 0 Å². The first kappa shape index (κ1) is 9.80. The molecule has 0 saturated carbocycles. The number of pyridine rings is 1. The summed E-state index contributed by atoms with van der Waals surface area (Å²) in [7, 11) is 0. The Morgan fingerprint density at radius 2 is 2.08 bits per heavy atom. The molecule has 0 atom stereocenters. The van der Waals surface area contributed by atoms with Crippen LogP contribution in [-0.4, -0.2) is 4.98 Å². The molecular formula is C6H2BrClF3N. The van der Waals surface area contributed by atoms with E-state index in [0.717, 1.165) is 6.07 Å². The van der Waals surface area contributed by atoms with E-state index in [0.29, 0.717) is 0 Å². The Morgan fingerprint density at radius 3 is 2.58 bits per heavy atom. The monoisotopic (exact) mass is 259 g/mol. The number of hydrogen-bond donors (Lipinski definition) is 0. The SMILES string of the molecule is Fc1nc(Br)cc(C(F)F)c1Cl. The van der Waals surface area contributed by atoms with E-state index in [1.807, 2.05) is 0 Å². The molecule has 0 radical (unpaired) electrons. The maximum Gasteiger partial charge on any atom is 0.265 e. The summed E-state index contributed by atoms with van der Waals surface area (Å²) in [6.07, 6.45) is -2.80. The van der Waals surface area contributed by atoms with E-state index in [-0.39, 0.29) is 4.60 Å². The smallest absolute Gasteiger partial charge is 0.211 e. The molecular weight excluding hydrogens is 258 g/mol. The molecule has 0 bridgehead atoms. The van der Waals surface area contributed by atoms with Crippen LogP contribution in [0, 0.1) is 5.95 Å². The van der Waals surface area contributed by atoms with Crippen molar-refractivity contribution in [3.05, 3.63) is 27.2 Å². The average molecular weight is 260 g/mol. The van der Waals surface area contributed by atoms with E-state index in [4.69, 9.17) is 11.6 Å². The van der Waals surface area contributed by atoms with Gasteiger partial charge in [-0.25, -0.2) is 13.8 Å². The third-order valence-electron chi connectivity index (χ3n) is 1.15. The predicted molar refractivity (Wildman–Crippen MR) is 41.9 cm³/mol. The Bertz CT molecular complexity index is 305. The molecule has 1 aromatic rings. The van der Waals surface area contributed by atoms with Crippen molar-refractivity contribution in [1.29, 1.82) is 0 Å². The molecule has 12 heavy (non-hydrogen) atoms. The summed E-state index contributed by atoms with van der Waals surface area (Å²) in [6.45, 7) is 0. The van der Waals surface area contributed by atoms with Crippen molar-refractivity contribution in [2.45, 2.75) is 6.43 Å². The molecule has 1 rings (SSSR count). The molecule has 0 aliphatic carbocycles. The minimum atomic E-state index is -2.80. The summed E-state index contributed by atoms with van der Waals surface area (Å²) in [5.74, 6) is -1.10. The van der Waals surface area contributed by atoms with Crippen molar-refractivity contribution in [3.63, 3.8) is 0 Å². The van der Waals surface area contributed by atoms with Gasteiger partial charge in [-0.15, -0.1) is 0 Å². The van der Waals surface area contributed by atoms with Gasteiger partial charge in [-0.1, -0.05) is 11.6 Å². The molecule has 1 aromatic heterocycles. The maximum absolute atomic E-state index is 12.6. The molecule has 1 heterocycles.